The van der Waals surface area contributed by atoms with Crippen LogP contribution in [-0.2, 0) is 0 Å². The van der Waals surface area contributed by atoms with Gasteiger partial charge in [-0.05, 0) is 25.7 Å². The molecule has 0 spiro atoms. The van der Waals surface area contributed by atoms with Crippen molar-refractivity contribution in [2.45, 2.75) is 38.2 Å². The Kier molecular flexibility index (Phi) is 0.885. The van der Waals surface area contributed by atoms with Gasteiger partial charge in [-0.25, -0.2) is 0 Å². The van der Waals surface area contributed by atoms with Crippen molar-refractivity contribution in [2.75, 3.05) is 0 Å². The third kappa shape index (κ3) is 0.451. The molecule has 3 aliphatic carbocycles. The molecule has 1 N–H and O–H groups in total. The maximum Gasteiger partial charge on any atom is 0.0671 e. The van der Waals surface area contributed by atoms with Crippen molar-refractivity contribution >= 4 is 0 Å². The molecule has 0 bridgehead atoms. The second kappa shape index (κ2) is 1.56. The van der Waals surface area contributed by atoms with E-state index in [4.69, 9.17) is 0 Å². The van der Waals surface area contributed by atoms with Crippen molar-refractivity contribution in [3.63, 3.8) is 0 Å². The van der Waals surface area contributed by atoms with Crippen LogP contribution < -0.4 is 0 Å². The number of aliphatic hydroxyl groups excluding tert-OH is 1. The fourth-order valence-corrected chi connectivity index (χ4v) is 3.62. The van der Waals surface area contributed by atoms with E-state index in [0.29, 0.717) is 10.8 Å². The first kappa shape index (κ1) is 6.24. The highest BCUT2D eigenvalue weighted by Crippen LogP contribution is 2.77. The molecule has 11 heavy (non-hydrogen) atoms. The van der Waals surface area contributed by atoms with Gasteiger partial charge >= 0.3 is 0 Å². The SMILES string of the molecule is OC1C23CC=CCC12CCC3. The van der Waals surface area contributed by atoms with Gasteiger partial charge in [-0.1, -0.05) is 18.6 Å². The molecule has 2 saturated carbocycles. The summed E-state index contributed by atoms with van der Waals surface area (Å²) in [6, 6.07) is 0. The van der Waals surface area contributed by atoms with E-state index in [1.165, 1.54) is 19.3 Å². The molecular formula is C10H14O. The number of rotatable bonds is 0. The number of hydrogen-bond acceptors (Lipinski definition) is 1. The largest absolute Gasteiger partial charge is 0.392 e. The average molecular weight is 150 g/mol. The van der Waals surface area contributed by atoms with Crippen molar-refractivity contribution in [3.8, 4) is 0 Å². The molecule has 2 fully saturated rings. The highest BCUT2D eigenvalue weighted by molar-refractivity contribution is 5.31. The van der Waals surface area contributed by atoms with Gasteiger partial charge in [-0.3, -0.25) is 0 Å². The van der Waals surface area contributed by atoms with Crippen LogP contribution in [-0.4, -0.2) is 11.2 Å². The zero-order chi connectivity index (χ0) is 7.53. The van der Waals surface area contributed by atoms with Gasteiger partial charge in [0.2, 0.25) is 0 Å². The molecule has 0 heterocycles. The van der Waals surface area contributed by atoms with Crippen LogP contribution in [0.4, 0.5) is 0 Å². The lowest BCUT2D eigenvalue weighted by molar-refractivity contribution is 0.190. The Morgan fingerprint density at radius 1 is 1.09 bits per heavy atom. The highest BCUT2D eigenvalue weighted by atomic mass is 16.3. The van der Waals surface area contributed by atoms with E-state index < -0.39 is 0 Å². The topological polar surface area (TPSA) is 20.2 Å². The van der Waals surface area contributed by atoms with E-state index >= 15 is 0 Å². The second-order valence-corrected chi connectivity index (χ2v) is 4.45. The Labute approximate surface area is 67.1 Å². The van der Waals surface area contributed by atoms with Gasteiger partial charge in [-0.15, -0.1) is 0 Å². The van der Waals surface area contributed by atoms with Gasteiger partial charge in [0, 0.05) is 10.8 Å². The standard InChI is InChI=1S/C10H14O/c11-8-9-4-1-2-5-10(8,9)7-3-6-9/h1-2,8,11H,3-7H2. The van der Waals surface area contributed by atoms with E-state index in [0.717, 1.165) is 12.8 Å². The van der Waals surface area contributed by atoms with E-state index in [1.54, 1.807) is 0 Å². The maximum absolute atomic E-state index is 9.85. The molecule has 0 aromatic heterocycles. The van der Waals surface area contributed by atoms with Crippen LogP contribution >= 0.6 is 0 Å². The quantitative estimate of drug-likeness (QED) is 0.523. The van der Waals surface area contributed by atoms with Crippen LogP contribution in [0.25, 0.3) is 0 Å². The lowest BCUT2D eigenvalue weighted by Gasteiger charge is -2.17. The molecule has 0 amide bonds. The summed E-state index contributed by atoms with van der Waals surface area (Å²) in [5.74, 6) is 0. The Hall–Kier alpha value is -0.300. The van der Waals surface area contributed by atoms with E-state index in [9.17, 15) is 5.11 Å². The first-order valence-corrected chi connectivity index (χ1v) is 4.65. The Morgan fingerprint density at radius 3 is 2.18 bits per heavy atom. The zero-order valence-electron chi connectivity index (χ0n) is 6.71. The van der Waals surface area contributed by atoms with Gasteiger partial charge in [-0.2, -0.15) is 0 Å². The molecule has 2 unspecified atom stereocenters. The molecule has 0 aliphatic heterocycles. The maximum atomic E-state index is 9.85. The Morgan fingerprint density at radius 2 is 1.64 bits per heavy atom. The summed E-state index contributed by atoms with van der Waals surface area (Å²) in [4.78, 5) is 0. The van der Waals surface area contributed by atoms with Gasteiger partial charge in [0.25, 0.3) is 0 Å². The minimum absolute atomic E-state index is 0.0405. The third-order valence-corrected chi connectivity index (χ3v) is 4.33. The minimum Gasteiger partial charge on any atom is -0.392 e. The predicted octanol–water partition coefficient (Wildman–Crippen LogP) is 1.87. The number of allylic oxidation sites excluding steroid dienone is 2. The normalized spacial score (nSPS) is 58.8. The smallest absolute Gasteiger partial charge is 0.0671 e. The van der Waals surface area contributed by atoms with E-state index in [2.05, 4.69) is 12.2 Å². The van der Waals surface area contributed by atoms with Crippen LogP contribution in [0.5, 0.6) is 0 Å². The number of hydrogen-bond donors (Lipinski definition) is 1. The monoisotopic (exact) mass is 150 g/mol. The van der Waals surface area contributed by atoms with Gasteiger partial charge < -0.3 is 5.11 Å². The summed E-state index contributed by atoms with van der Waals surface area (Å²) in [5.41, 5.74) is 0.726. The summed E-state index contributed by atoms with van der Waals surface area (Å²) >= 11 is 0. The molecule has 1 nitrogen and oxygen atoms in total. The minimum atomic E-state index is 0.0405. The lowest BCUT2D eigenvalue weighted by atomic mass is 9.86. The molecule has 1 heteroatoms. The van der Waals surface area contributed by atoms with Gasteiger partial charge in [0.05, 0.1) is 6.10 Å². The summed E-state index contributed by atoms with van der Waals surface area (Å²) < 4.78 is 0. The van der Waals surface area contributed by atoms with E-state index in [1.807, 2.05) is 0 Å². The van der Waals surface area contributed by atoms with E-state index in [-0.39, 0.29) is 6.10 Å². The van der Waals surface area contributed by atoms with Crippen molar-refractivity contribution in [3.05, 3.63) is 12.2 Å². The summed E-state index contributed by atoms with van der Waals surface area (Å²) in [7, 11) is 0. The van der Waals surface area contributed by atoms with Crippen molar-refractivity contribution < 1.29 is 5.11 Å². The molecule has 2 atom stereocenters. The van der Waals surface area contributed by atoms with Gasteiger partial charge in [0.1, 0.15) is 0 Å². The molecule has 0 aromatic rings. The Bertz CT molecular complexity index is 211. The average Bonchev–Trinajstić information content (AvgIpc) is 2.44. The van der Waals surface area contributed by atoms with Crippen LogP contribution in [0.1, 0.15) is 32.1 Å². The zero-order valence-corrected chi connectivity index (χ0v) is 6.71. The fraction of sp³-hybridized carbons (Fsp3) is 0.800. The highest BCUT2D eigenvalue weighted by Gasteiger charge is 2.76. The van der Waals surface area contributed by atoms with Crippen molar-refractivity contribution in [2.24, 2.45) is 10.8 Å². The molecular weight excluding hydrogens is 136 g/mol. The molecule has 60 valence electrons. The molecule has 3 rings (SSSR count). The first-order valence-electron chi connectivity index (χ1n) is 4.65. The molecule has 0 radical (unpaired) electrons. The predicted molar refractivity (Wildman–Crippen MR) is 43.1 cm³/mol. The van der Waals surface area contributed by atoms with Crippen LogP contribution in [0.15, 0.2) is 12.2 Å². The lowest BCUT2D eigenvalue weighted by Crippen LogP contribution is -2.08. The first-order chi connectivity index (χ1) is 5.32. The fourth-order valence-electron chi connectivity index (χ4n) is 3.62. The van der Waals surface area contributed by atoms with Crippen molar-refractivity contribution in [1.82, 2.24) is 0 Å². The third-order valence-electron chi connectivity index (χ3n) is 4.33. The molecule has 0 saturated heterocycles. The van der Waals surface area contributed by atoms with Crippen LogP contribution in [0.2, 0.25) is 0 Å². The van der Waals surface area contributed by atoms with Crippen molar-refractivity contribution in [1.29, 1.82) is 0 Å². The number of aliphatic hydroxyl groups is 1. The van der Waals surface area contributed by atoms with Gasteiger partial charge in [0.15, 0.2) is 0 Å². The second-order valence-electron chi connectivity index (χ2n) is 4.45. The van der Waals surface area contributed by atoms with Crippen LogP contribution in [0, 0.1) is 10.8 Å². The summed E-state index contributed by atoms with van der Waals surface area (Å²) in [5, 5.41) is 9.85. The summed E-state index contributed by atoms with van der Waals surface area (Å²) in [6.07, 6.45) is 10.8. The molecule has 3 aliphatic rings. The van der Waals surface area contributed by atoms with Crippen LogP contribution in [0.3, 0.4) is 0 Å². The molecule has 0 aromatic carbocycles. The Balaban J connectivity index is 2.05. The summed E-state index contributed by atoms with van der Waals surface area (Å²) in [6.45, 7) is 0.